The number of rotatable bonds is 4. The fourth-order valence-corrected chi connectivity index (χ4v) is 2.37. The number of benzene rings is 1. The van der Waals surface area contributed by atoms with Gasteiger partial charge in [-0.1, -0.05) is 19.1 Å². The molecule has 0 aliphatic carbocycles. The van der Waals surface area contributed by atoms with E-state index in [2.05, 4.69) is 0 Å². The van der Waals surface area contributed by atoms with Gasteiger partial charge in [-0.05, 0) is 23.6 Å². The maximum Gasteiger partial charge on any atom is 0.416 e. The second kappa shape index (κ2) is 5.44. The monoisotopic (exact) mass is 287 g/mol. The van der Waals surface area contributed by atoms with E-state index in [1.165, 1.54) is 12.1 Å². The van der Waals surface area contributed by atoms with Crippen LogP contribution in [0.2, 0.25) is 0 Å². The fraction of sp³-hybridized carbons (Fsp3) is 0.500. The van der Waals surface area contributed by atoms with Gasteiger partial charge in [-0.25, -0.2) is 0 Å². The number of carboxylic acids is 1. The van der Waals surface area contributed by atoms with Crippen molar-refractivity contribution in [2.45, 2.75) is 19.0 Å². The summed E-state index contributed by atoms with van der Waals surface area (Å²) in [5, 5.41) is 8.78. The lowest BCUT2D eigenvalue weighted by molar-refractivity contribution is -0.147. The van der Waals surface area contributed by atoms with Crippen LogP contribution in [0.25, 0.3) is 0 Å². The third-order valence-corrected chi connectivity index (χ3v) is 3.65. The average molecular weight is 287 g/mol. The highest BCUT2D eigenvalue weighted by Crippen LogP contribution is 2.30. The zero-order chi connectivity index (χ0) is 14.9. The first-order chi connectivity index (χ1) is 9.27. The van der Waals surface area contributed by atoms with Crippen molar-refractivity contribution in [1.29, 1.82) is 0 Å². The number of alkyl halides is 3. The molecule has 0 radical (unpaired) electrons. The summed E-state index contributed by atoms with van der Waals surface area (Å²) in [6, 6.07) is 5.15. The Balaban J connectivity index is 1.90. The largest absolute Gasteiger partial charge is 0.481 e. The van der Waals surface area contributed by atoms with Gasteiger partial charge in [0.1, 0.15) is 0 Å². The molecular weight excluding hydrogens is 271 g/mol. The van der Waals surface area contributed by atoms with Gasteiger partial charge in [0.15, 0.2) is 0 Å². The zero-order valence-corrected chi connectivity index (χ0v) is 11.0. The van der Waals surface area contributed by atoms with Crippen molar-refractivity contribution in [2.24, 2.45) is 5.92 Å². The maximum atomic E-state index is 12.4. The number of carbonyl (C=O) groups is 1. The van der Waals surface area contributed by atoms with E-state index in [9.17, 15) is 18.0 Å². The van der Waals surface area contributed by atoms with Gasteiger partial charge < -0.3 is 10.0 Å². The maximum absolute atomic E-state index is 12.4. The summed E-state index contributed by atoms with van der Waals surface area (Å²) in [5.41, 5.74) is 0.181. The molecule has 1 fully saturated rings. The summed E-state index contributed by atoms with van der Waals surface area (Å²) >= 11 is 0. The molecule has 1 heterocycles. The highest BCUT2D eigenvalue weighted by molar-refractivity contribution is 5.71. The first kappa shape index (κ1) is 14.8. The lowest BCUT2D eigenvalue weighted by atomic mass is 9.94. The van der Waals surface area contributed by atoms with Crippen LogP contribution in [0.3, 0.4) is 0 Å². The lowest BCUT2D eigenvalue weighted by Crippen LogP contribution is -2.51. The van der Waals surface area contributed by atoms with E-state index in [0.29, 0.717) is 19.6 Å². The minimum Gasteiger partial charge on any atom is -0.481 e. The zero-order valence-electron chi connectivity index (χ0n) is 11.0. The van der Waals surface area contributed by atoms with Gasteiger partial charge in [-0.15, -0.1) is 0 Å². The summed E-state index contributed by atoms with van der Waals surface area (Å²) in [6.45, 7) is 3.62. The minimum absolute atomic E-state index is 0.0760. The quantitative estimate of drug-likeness (QED) is 0.925. The predicted octanol–water partition coefficient (Wildman–Crippen LogP) is 2.83. The molecule has 3 nitrogen and oxygen atoms in total. The van der Waals surface area contributed by atoms with Crippen molar-refractivity contribution in [1.82, 2.24) is 4.90 Å². The van der Waals surface area contributed by atoms with Gasteiger partial charge in [0.25, 0.3) is 0 Å². The second-order valence-corrected chi connectivity index (χ2v) is 5.27. The van der Waals surface area contributed by atoms with Gasteiger partial charge in [-0.3, -0.25) is 4.79 Å². The summed E-state index contributed by atoms with van der Waals surface area (Å²) in [5.74, 6) is -1.02. The average Bonchev–Trinajstić information content (AvgIpc) is 2.31. The van der Waals surface area contributed by atoms with Gasteiger partial charge >= 0.3 is 12.1 Å². The third-order valence-electron chi connectivity index (χ3n) is 3.65. The first-order valence-electron chi connectivity index (χ1n) is 6.39. The first-order valence-corrected chi connectivity index (χ1v) is 6.39. The Hall–Kier alpha value is -1.56. The van der Waals surface area contributed by atoms with Crippen LogP contribution in [0.4, 0.5) is 13.2 Å². The van der Waals surface area contributed by atoms with Gasteiger partial charge in [0.05, 0.1) is 11.5 Å². The number of likely N-dealkylation sites (tertiary alicyclic amines) is 1. The smallest absolute Gasteiger partial charge is 0.416 e. The molecular formula is C14H16F3NO2. The van der Waals surface area contributed by atoms with Crippen LogP contribution in [-0.4, -0.2) is 35.6 Å². The van der Waals surface area contributed by atoms with Crippen LogP contribution in [0.15, 0.2) is 24.3 Å². The Labute approximate surface area is 115 Å². The Morgan fingerprint density at radius 3 is 2.35 bits per heavy atom. The van der Waals surface area contributed by atoms with Crippen molar-refractivity contribution in [3.8, 4) is 0 Å². The Bertz CT molecular complexity index is 478. The van der Waals surface area contributed by atoms with Crippen LogP contribution in [0.5, 0.6) is 0 Å². The summed E-state index contributed by atoms with van der Waals surface area (Å²) in [4.78, 5) is 12.7. The van der Waals surface area contributed by atoms with Crippen LogP contribution in [0, 0.1) is 5.92 Å². The standard InChI is InChI=1S/C14H16F3NO2/c1-9(6-18-7-11(8-18)13(19)20)10-2-4-12(5-3-10)14(15,16)17/h2-5,9,11H,6-8H2,1H3,(H,19,20). The molecule has 0 bridgehead atoms. The van der Waals surface area contributed by atoms with Gasteiger partial charge in [-0.2, -0.15) is 13.2 Å². The summed E-state index contributed by atoms with van der Waals surface area (Å²) in [7, 11) is 0. The topological polar surface area (TPSA) is 40.5 Å². The van der Waals surface area contributed by atoms with Crippen LogP contribution >= 0.6 is 0 Å². The molecule has 1 unspecified atom stereocenters. The lowest BCUT2D eigenvalue weighted by Gasteiger charge is -2.38. The van der Waals surface area contributed by atoms with E-state index in [1.54, 1.807) is 0 Å². The molecule has 1 aliphatic heterocycles. The SMILES string of the molecule is CC(CN1CC(C(=O)O)C1)c1ccc(C(F)(F)F)cc1. The molecule has 0 saturated carbocycles. The van der Waals surface area contributed by atoms with Crippen LogP contribution in [-0.2, 0) is 11.0 Å². The van der Waals surface area contributed by atoms with Crippen molar-refractivity contribution in [3.05, 3.63) is 35.4 Å². The van der Waals surface area contributed by atoms with Crippen molar-refractivity contribution >= 4 is 5.97 Å². The Morgan fingerprint density at radius 2 is 1.90 bits per heavy atom. The Morgan fingerprint density at radius 1 is 1.35 bits per heavy atom. The molecule has 0 amide bonds. The number of aliphatic carboxylic acids is 1. The number of hydrogen-bond acceptors (Lipinski definition) is 2. The molecule has 1 saturated heterocycles. The van der Waals surface area contributed by atoms with E-state index in [4.69, 9.17) is 5.11 Å². The predicted molar refractivity (Wildman–Crippen MR) is 67.4 cm³/mol. The normalized spacial score (nSPS) is 18.6. The van der Waals surface area contributed by atoms with Crippen LogP contribution in [0.1, 0.15) is 24.0 Å². The van der Waals surface area contributed by atoms with Crippen molar-refractivity contribution in [2.75, 3.05) is 19.6 Å². The highest BCUT2D eigenvalue weighted by atomic mass is 19.4. The molecule has 1 N–H and O–H groups in total. The van der Waals surface area contributed by atoms with E-state index < -0.39 is 17.7 Å². The number of carboxylic acid groups (broad SMARTS) is 1. The van der Waals surface area contributed by atoms with Crippen LogP contribution < -0.4 is 0 Å². The molecule has 0 aromatic heterocycles. The van der Waals surface area contributed by atoms with Crippen molar-refractivity contribution < 1.29 is 23.1 Å². The number of hydrogen-bond donors (Lipinski definition) is 1. The minimum atomic E-state index is -4.31. The number of halogens is 3. The molecule has 0 spiro atoms. The van der Waals surface area contributed by atoms with E-state index >= 15 is 0 Å². The third kappa shape index (κ3) is 3.30. The second-order valence-electron chi connectivity index (χ2n) is 5.27. The molecule has 1 aliphatic rings. The van der Waals surface area contributed by atoms with Crippen molar-refractivity contribution in [3.63, 3.8) is 0 Å². The fourth-order valence-electron chi connectivity index (χ4n) is 2.37. The highest BCUT2D eigenvalue weighted by Gasteiger charge is 2.33. The van der Waals surface area contributed by atoms with E-state index in [-0.39, 0.29) is 11.8 Å². The molecule has 6 heteroatoms. The van der Waals surface area contributed by atoms with E-state index in [1.807, 2.05) is 11.8 Å². The molecule has 1 aromatic carbocycles. The summed E-state index contributed by atoms with van der Waals surface area (Å²) in [6.07, 6.45) is -4.31. The van der Waals surface area contributed by atoms with Gasteiger partial charge in [0.2, 0.25) is 0 Å². The summed E-state index contributed by atoms with van der Waals surface area (Å²) < 4.78 is 37.3. The Kier molecular flexibility index (Phi) is 4.04. The molecule has 1 atom stereocenters. The molecule has 110 valence electrons. The molecule has 2 rings (SSSR count). The molecule has 1 aromatic rings. The molecule has 20 heavy (non-hydrogen) atoms. The van der Waals surface area contributed by atoms with Gasteiger partial charge in [0, 0.05) is 19.6 Å². The van der Waals surface area contributed by atoms with E-state index in [0.717, 1.165) is 17.7 Å². The number of nitrogens with zero attached hydrogens (tertiary/aromatic N) is 1.